The first-order valence-electron chi connectivity index (χ1n) is 5.53. The Hall–Kier alpha value is -1.84. The fourth-order valence-corrected chi connectivity index (χ4v) is 1.85. The Morgan fingerprint density at radius 2 is 1.76 bits per heavy atom. The lowest BCUT2D eigenvalue weighted by Crippen LogP contribution is -2.34. The molecule has 90 valence electrons. The Kier molecular flexibility index (Phi) is 2.45. The van der Waals surface area contributed by atoms with E-state index in [0.29, 0.717) is 5.84 Å². The van der Waals surface area contributed by atoms with Crippen molar-refractivity contribution in [1.82, 2.24) is 5.32 Å². The molecule has 1 aromatic rings. The fourth-order valence-electron chi connectivity index (χ4n) is 1.85. The monoisotopic (exact) mass is 232 g/mol. The number of amides is 1. The Morgan fingerprint density at radius 1 is 1.24 bits per heavy atom. The quantitative estimate of drug-likeness (QED) is 0.773. The molecule has 17 heavy (non-hydrogen) atoms. The number of hydrogen-bond donors (Lipinski definition) is 2. The van der Waals surface area contributed by atoms with Gasteiger partial charge in [0.05, 0.1) is 0 Å². The van der Waals surface area contributed by atoms with Crippen LogP contribution in [0.4, 0.5) is 0 Å². The molecule has 2 rings (SSSR count). The first-order chi connectivity index (χ1) is 7.81. The number of nitrogens with zero attached hydrogens (tertiary/aromatic N) is 1. The van der Waals surface area contributed by atoms with Crippen LogP contribution in [-0.4, -0.2) is 22.4 Å². The molecule has 0 aromatic heterocycles. The van der Waals surface area contributed by atoms with Gasteiger partial charge in [0.25, 0.3) is 5.91 Å². The third-order valence-corrected chi connectivity index (χ3v) is 2.94. The molecule has 0 atom stereocenters. The third-order valence-electron chi connectivity index (χ3n) is 2.94. The van der Waals surface area contributed by atoms with Crippen LogP contribution < -0.4 is 5.32 Å². The number of aryl methyl sites for hydroxylation is 2. The highest BCUT2D eigenvalue weighted by molar-refractivity contribution is 6.15. The van der Waals surface area contributed by atoms with Gasteiger partial charge in [-0.1, -0.05) is 0 Å². The van der Waals surface area contributed by atoms with Crippen LogP contribution in [0.5, 0.6) is 5.75 Å². The lowest BCUT2D eigenvalue weighted by atomic mass is 10.1. The Balaban J connectivity index is 2.47. The van der Waals surface area contributed by atoms with Gasteiger partial charge >= 0.3 is 0 Å². The zero-order chi connectivity index (χ0) is 12.8. The third kappa shape index (κ3) is 1.90. The molecule has 1 aromatic carbocycles. The van der Waals surface area contributed by atoms with Crippen molar-refractivity contribution >= 4 is 11.7 Å². The largest absolute Gasteiger partial charge is 0.507 e. The molecule has 1 heterocycles. The van der Waals surface area contributed by atoms with E-state index in [1.165, 1.54) is 0 Å². The van der Waals surface area contributed by atoms with Crippen LogP contribution in [0.3, 0.4) is 0 Å². The molecular weight excluding hydrogens is 216 g/mol. The van der Waals surface area contributed by atoms with Crippen molar-refractivity contribution in [1.29, 1.82) is 0 Å². The van der Waals surface area contributed by atoms with Crippen LogP contribution in [-0.2, 0) is 4.79 Å². The van der Waals surface area contributed by atoms with E-state index in [0.717, 1.165) is 16.7 Å². The minimum Gasteiger partial charge on any atom is -0.507 e. The van der Waals surface area contributed by atoms with Crippen molar-refractivity contribution in [3.63, 3.8) is 0 Å². The van der Waals surface area contributed by atoms with Crippen molar-refractivity contribution in [2.75, 3.05) is 0 Å². The summed E-state index contributed by atoms with van der Waals surface area (Å²) in [4.78, 5) is 16.0. The number of nitrogens with one attached hydrogen (secondary N) is 1. The highest BCUT2D eigenvalue weighted by atomic mass is 16.3. The molecule has 4 heteroatoms. The van der Waals surface area contributed by atoms with Gasteiger partial charge in [-0.05, 0) is 51.0 Å². The number of phenolic OH excluding ortho intramolecular Hbond substituents is 1. The van der Waals surface area contributed by atoms with Crippen molar-refractivity contribution in [3.05, 3.63) is 28.8 Å². The highest BCUT2D eigenvalue weighted by Gasteiger charge is 2.34. The van der Waals surface area contributed by atoms with Gasteiger partial charge in [0.1, 0.15) is 17.1 Å². The van der Waals surface area contributed by atoms with Crippen LogP contribution in [0.2, 0.25) is 0 Å². The second-order valence-electron chi connectivity index (χ2n) is 4.93. The molecule has 2 N–H and O–H groups in total. The van der Waals surface area contributed by atoms with E-state index >= 15 is 0 Å². The number of aliphatic imine (C=N–C) groups is 1. The number of rotatable bonds is 1. The van der Waals surface area contributed by atoms with E-state index in [4.69, 9.17) is 0 Å². The number of amidine groups is 1. The molecule has 0 spiro atoms. The molecule has 0 radical (unpaired) electrons. The maximum absolute atomic E-state index is 11.6. The number of carbonyl (C=O) groups is 1. The Morgan fingerprint density at radius 3 is 2.18 bits per heavy atom. The summed E-state index contributed by atoms with van der Waals surface area (Å²) in [6.45, 7) is 7.20. The number of benzene rings is 1. The van der Waals surface area contributed by atoms with Crippen molar-refractivity contribution in [2.24, 2.45) is 4.99 Å². The molecule has 0 saturated heterocycles. The summed E-state index contributed by atoms with van der Waals surface area (Å²) in [5, 5.41) is 12.5. The highest BCUT2D eigenvalue weighted by Crippen LogP contribution is 2.25. The van der Waals surface area contributed by atoms with E-state index < -0.39 is 5.54 Å². The summed E-state index contributed by atoms with van der Waals surface area (Å²) in [5.74, 6) is 0.764. The van der Waals surface area contributed by atoms with Gasteiger partial charge in [0.15, 0.2) is 0 Å². The van der Waals surface area contributed by atoms with Crippen LogP contribution in [0.25, 0.3) is 0 Å². The van der Waals surface area contributed by atoms with Crippen molar-refractivity contribution in [2.45, 2.75) is 33.2 Å². The number of phenols is 1. The lowest BCUT2D eigenvalue weighted by molar-refractivity contribution is -0.122. The average Bonchev–Trinajstić information content (AvgIpc) is 2.49. The minimum absolute atomic E-state index is 0.101. The van der Waals surface area contributed by atoms with Gasteiger partial charge in [0.2, 0.25) is 0 Å². The van der Waals surface area contributed by atoms with Gasteiger partial charge < -0.3 is 10.4 Å². The Labute approximate surface area is 100 Å². The zero-order valence-electron chi connectivity index (χ0n) is 10.5. The molecule has 4 nitrogen and oxygen atoms in total. The topological polar surface area (TPSA) is 61.7 Å². The standard InChI is InChI=1S/C13H16N2O2/c1-7-5-9(6-8(2)10(7)16)11-14-12(17)13(3,4)15-11/h5-6,16H,1-4H3,(H,14,15,17). The summed E-state index contributed by atoms with van der Waals surface area (Å²) in [5.41, 5.74) is 1.68. The van der Waals surface area contributed by atoms with E-state index in [9.17, 15) is 9.90 Å². The summed E-state index contributed by atoms with van der Waals surface area (Å²) in [6, 6.07) is 3.64. The normalized spacial score (nSPS) is 17.9. The van der Waals surface area contributed by atoms with E-state index in [1.807, 2.05) is 26.0 Å². The maximum Gasteiger partial charge on any atom is 0.252 e. The lowest BCUT2D eigenvalue weighted by Gasteiger charge is -2.07. The first kappa shape index (κ1) is 11.6. The average molecular weight is 232 g/mol. The van der Waals surface area contributed by atoms with E-state index in [2.05, 4.69) is 10.3 Å². The molecule has 0 aliphatic carbocycles. The van der Waals surface area contributed by atoms with Gasteiger partial charge in [-0.25, -0.2) is 0 Å². The molecule has 0 bridgehead atoms. The van der Waals surface area contributed by atoms with E-state index in [1.54, 1.807) is 13.8 Å². The predicted octanol–water partition coefficient (Wildman–Crippen LogP) is 1.66. The van der Waals surface area contributed by atoms with E-state index in [-0.39, 0.29) is 11.7 Å². The molecule has 0 unspecified atom stereocenters. The summed E-state index contributed by atoms with van der Waals surface area (Å²) in [6.07, 6.45) is 0. The fraction of sp³-hybridized carbons (Fsp3) is 0.385. The van der Waals surface area contributed by atoms with Gasteiger partial charge in [-0.2, -0.15) is 0 Å². The van der Waals surface area contributed by atoms with Gasteiger partial charge in [-0.3, -0.25) is 9.79 Å². The summed E-state index contributed by atoms with van der Waals surface area (Å²) in [7, 11) is 0. The molecule has 1 aliphatic heterocycles. The van der Waals surface area contributed by atoms with Crippen LogP contribution >= 0.6 is 0 Å². The predicted molar refractivity (Wildman–Crippen MR) is 66.3 cm³/mol. The SMILES string of the molecule is Cc1cc(C2=NC(C)(C)C(=O)N2)cc(C)c1O. The zero-order valence-corrected chi connectivity index (χ0v) is 10.5. The molecule has 1 aliphatic rings. The second-order valence-corrected chi connectivity index (χ2v) is 4.93. The smallest absolute Gasteiger partial charge is 0.252 e. The van der Waals surface area contributed by atoms with Crippen molar-refractivity contribution < 1.29 is 9.90 Å². The van der Waals surface area contributed by atoms with Crippen LogP contribution in [0.15, 0.2) is 17.1 Å². The molecule has 1 amide bonds. The molecule has 0 fully saturated rings. The number of hydrogen-bond acceptors (Lipinski definition) is 3. The van der Waals surface area contributed by atoms with Crippen LogP contribution in [0.1, 0.15) is 30.5 Å². The summed E-state index contributed by atoms with van der Waals surface area (Å²) >= 11 is 0. The maximum atomic E-state index is 11.6. The van der Waals surface area contributed by atoms with Crippen LogP contribution in [0, 0.1) is 13.8 Å². The number of aromatic hydroxyl groups is 1. The Bertz CT molecular complexity index is 507. The molecular formula is C13H16N2O2. The number of carbonyl (C=O) groups excluding carboxylic acids is 1. The second kappa shape index (κ2) is 3.58. The first-order valence-corrected chi connectivity index (χ1v) is 5.53. The molecule has 0 saturated carbocycles. The summed E-state index contributed by atoms with van der Waals surface area (Å²) < 4.78 is 0. The minimum atomic E-state index is -0.713. The van der Waals surface area contributed by atoms with Gasteiger partial charge in [0, 0.05) is 5.56 Å². The van der Waals surface area contributed by atoms with Gasteiger partial charge in [-0.15, -0.1) is 0 Å². The van der Waals surface area contributed by atoms with Crippen molar-refractivity contribution in [3.8, 4) is 5.75 Å².